The highest BCUT2D eigenvalue weighted by Gasteiger charge is 2.41. The molecule has 3 rings (SSSR count). The minimum absolute atomic E-state index is 0.833. The van der Waals surface area contributed by atoms with Crippen LogP contribution in [-0.4, -0.2) is 0 Å². The van der Waals surface area contributed by atoms with Crippen LogP contribution < -0.4 is 0 Å². The van der Waals surface area contributed by atoms with Gasteiger partial charge in [0.25, 0.3) is 0 Å². The van der Waals surface area contributed by atoms with Gasteiger partial charge in [0.15, 0.2) is 0 Å². The molecule has 0 saturated heterocycles. The van der Waals surface area contributed by atoms with Crippen LogP contribution in [0, 0.1) is 5.92 Å². The Morgan fingerprint density at radius 2 is 1.71 bits per heavy atom. The summed E-state index contributed by atoms with van der Waals surface area (Å²) in [5.41, 5.74) is 3.20. The van der Waals surface area contributed by atoms with E-state index in [2.05, 4.69) is 50.9 Å². The quantitative estimate of drug-likeness (QED) is 0.643. The molecule has 0 aliphatic heterocycles. The second kappa shape index (κ2) is 3.08. The number of halogens is 2. The zero-order chi connectivity index (χ0) is 9.87. The van der Waals surface area contributed by atoms with E-state index in [1.165, 1.54) is 21.8 Å². The Morgan fingerprint density at radius 3 is 2.43 bits per heavy atom. The van der Waals surface area contributed by atoms with E-state index in [0.717, 1.165) is 17.8 Å². The van der Waals surface area contributed by atoms with E-state index in [9.17, 15) is 0 Å². The molecule has 3 unspecified atom stereocenters. The standard InChI is InChI=1S/C12H12Br2/c1-6-2-7-3-8(6)10-5-12(14)11(13)4-9(7)10/h4-8H,2-3H2,1H3. The van der Waals surface area contributed by atoms with Gasteiger partial charge in [0, 0.05) is 8.95 Å². The summed E-state index contributed by atoms with van der Waals surface area (Å²) in [7, 11) is 0. The molecule has 0 spiro atoms. The molecule has 1 saturated carbocycles. The van der Waals surface area contributed by atoms with E-state index in [-0.39, 0.29) is 0 Å². The summed E-state index contributed by atoms with van der Waals surface area (Å²) < 4.78 is 2.41. The normalized spacial score (nSPS) is 33.5. The van der Waals surface area contributed by atoms with Crippen LogP contribution in [-0.2, 0) is 0 Å². The number of benzene rings is 1. The molecule has 2 aliphatic carbocycles. The molecule has 0 nitrogen and oxygen atoms in total. The molecule has 3 atom stereocenters. The number of hydrogen-bond acceptors (Lipinski definition) is 0. The van der Waals surface area contributed by atoms with Gasteiger partial charge in [0.1, 0.15) is 0 Å². The Balaban J connectivity index is 2.18. The molecule has 1 fully saturated rings. The predicted octanol–water partition coefficient (Wildman–Crippen LogP) is 4.82. The third-order valence-electron chi connectivity index (χ3n) is 3.85. The molecule has 0 amide bonds. The molecule has 0 heterocycles. The predicted molar refractivity (Wildman–Crippen MR) is 65.7 cm³/mol. The lowest BCUT2D eigenvalue weighted by atomic mass is 9.85. The van der Waals surface area contributed by atoms with Gasteiger partial charge >= 0.3 is 0 Å². The first-order valence-electron chi connectivity index (χ1n) is 5.15. The summed E-state index contributed by atoms with van der Waals surface area (Å²) in [6, 6.07) is 4.63. The van der Waals surface area contributed by atoms with E-state index in [0.29, 0.717) is 0 Å². The van der Waals surface area contributed by atoms with Crippen LogP contribution in [0.15, 0.2) is 21.1 Å². The monoisotopic (exact) mass is 314 g/mol. The van der Waals surface area contributed by atoms with Gasteiger partial charge in [-0.15, -0.1) is 0 Å². The summed E-state index contributed by atoms with van der Waals surface area (Å²) in [5, 5.41) is 0. The molecule has 2 bridgehead atoms. The van der Waals surface area contributed by atoms with Gasteiger partial charge in [-0.2, -0.15) is 0 Å². The number of hydrogen-bond donors (Lipinski definition) is 0. The first-order chi connectivity index (χ1) is 6.66. The molecule has 14 heavy (non-hydrogen) atoms. The molecule has 2 aliphatic rings. The third-order valence-corrected chi connectivity index (χ3v) is 5.69. The van der Waals surface area contributed by atoms with Crippen LogP contribution in [0.3, 0.4) is 0 Å². The Labute approximate surface area is 101 Å². The minimum Gasteiger partial charge on any atom is -0.0619 e. The van der Waals surface area contributed by atoms with Crippen molar-refractivity contribution in [2.45, 2.75) is 31.6 Å². The van der Waals surface area contributed by atoms with Crippen LogP contribution in [0.5, 0.6) is 0 Å². The second-order valence-corrected chi connectivity index (χ2v) is 6.36. The Morgan fingerprint density at radius 1 is 1.07 bits per heavy atom. The highest BCUT2D eigenvalue weighted by Crippen LogP contribution is 2.57. The van der Waals surface area contributed by atoms with Crippen molar-refractivity contribution in [2.24, 2.45) is 5.92 Å². The molecule has 0 radical (unpaired) electrons. The van der Waals surface area contributed by atoms with Gasteiger partial charge in [-0.05, 0) is 85.7 Å². The van der Waals surface area contributed by atoms with E-state index >= 15 is 0 Å². The smallest absolute Gasteiger partial charge is 0.0320 e. The second-order valence-electron chi connectivity index (χ2n) is 4.65. The van der Waals surface area contributed by atoms with E-state index < -0.39 is 0 Å². The first kappa shape index (κ1) is 9.41. The Kier molecular flexibility index (Phi) is 2.07. The summed E-state index contributed by atoms with van der Waals surface area (Å²) >= 11 is 7.18. The van der Waals surface area contributed by atoms with Crippen molar-refractivity contribution >= 4 is 31.9 Å². The largest absolute Gasteiger partial charge is 0.0619 e. The number of fused-ring (bicyclic) bond motifs is 5. The van der Waals surface area contributed by atoms with Gasteiger partial charge in [-0.1, -0.05) is 6.92 Å². The van der Waals surface area contributed by atoms with E-state index in [1.54, 1.807) is 11.1 Å². The molecular weight excluding hydrogens is 304 g/mol. The average Bonchev–Trinajstić information content (AvgIpc) is 2.64. The van der Waals surface area contributed by atoms with Gasteiger partial charge in [0.2, 0.25) is 0 Å². The van der Waals surface area contributed by atoms with Crippen molar-refractivity contribution in [1.82, 2.24) is 0 Å². The van der Waals surface area contributed by atoms with Gasteiger partial charge in [-0.25, -0.2) is 0 Å². The zero-order valence-electron chi connectivity index (χ0n) is 8.06. The molecular formula is C12H12Br2. The SMILES string of the molecule is CC1CC2CC1c1cc(Br)c(Br)cc12. The van der Waals surface area contributed by atoms with Crippen molar-refractivity contribution in [3.05, 3.63) is 32.2 Å². The van der Waals surface area contributed by atoms with Crippen LogP contribution in [0.25, 0.3) is 0 Å². The lowest BCUT2D eigenvalue weighted by Crippen LogP contribution is -2.06. The highest BCUT2D eigenvalue weighted by molar-refractivity contribution is 9.13. The van der Waals surface area contributed by atoms with Crippen molar-refractivity contribution in [3.8, 4) is 0 Å². The molecule has 1 aromatic rings. The maximum atomic E-state index is 3.59. The summed E-state index contributed by atoms with van der Waals surface area (Å²) in [4.78, 5) is 0. The third kappa shape index (κ3) is 1.16. The molecule has 74 valence electrons. The summed E-state index contributed by atoms with van der Waals surface area (Å²) in [6.45, 7) is 2.39. The molecule has 0 N–H and O–H groups in total. The summed E-state index contributed by atoms with van der Waals surface area (Å²) in [5.74, 6) is 2.56. The number of rotatable bonds is 0. The first-order valence-corrected chi connectivity index (χ1v) is 6.74. The van der Waals surface area contributed by atoms with Crippen LogP contribution in [0.1, 0.15) is 42.7 Å². The Hall–Kier alpha value is 0.180. The van der Waals surface area contributed by atoms with Crippen molar-refractivity contribution in [3.63, 3.8) is 0 Å². The zero-order valence-corrected chi connectivity index (χ0v) is 11.2. The molecule has 2 heteroatoms. The fraction of sp³-hybridized carbons (Fsp3) is 0.500. The van der Waals surface area contributed by atoms with Crippen LogP contribution in [0.4, 0.5) is 0 Å². The topological polar surface area (TPSA) is 0 Å². The summed E-state index contributed by atoms with van der Waals surface area (Å²) in [6.07, 6.45) is 2.78. The Bertz CT molecular complexity index is 398. The maximum Gasteiger partial charge on any atom is 0.0320 e. The fourth-order valence-electron chi connectivity index (χ4n) is 3.19. The van der Waals surface area contributed by atoms with Crippen LogP contribution >= 0.6 is 31.9 Å². The van der Waals surface area contributed by atoms with E-state index in [1.807, 2.05) is 0 Å². The molecule has 1 aromatic carbocycles. The lowest BCUT2D eigenvalue weighted by Gasteiger charge is -2.21. The average molecular weight is 316 g/mol. The van der Waals surface area contributed by atoms with Crippen LogP contribution in [0.2, 0.25) is 0 Å². The minimum atomic E-state index is 0.833. The van der Waals surface area contributed by atoms with Gasteiger partial charge in [0.05, 0.1) is 0 Å². The van der Waals surface area contributed by atoms with E-state index in [4.69, 9.17) is 0 Å². The highest BCUT2D eigenvalue weighted by atomic mass is 79.9. The van der Waals surface area contributed by atoms with Crippen molar-refractivity contribution in [2.75, 3.05) is 0 Å². The van der Waals surface area contributed by atoms with Gasteiger partial charge < -0.3 is 0 Å². The molecule has 0 aromatic heterocycles. The lowest BCUT2D eigenvalue weighted by molar-refractivity contribution is 0.514. The van der Waals surface area contributed by atoms with Crippen molar-refractivity contribution < 1.29 is 0 Å². The van der Waals surface area contributed by atoms with Crippen molar-refractivity contribution in [1.29, 1.82) is 0 Å². The van der Waals surface area contributed by atoms with Gasteiger partial charge in [-0.3, -0.25) is 0 Å². The fourth-order valence-corrected chi connectivity index (χ4v) is 3.91. The maximum absolute atomic E-state index is 3.59.